The quantitative estimate of drug-likeness (QED) is 0.611. The molecule has 1 aromatic rings. The minimum Gasteiger partial charge on any atom is -0.485 e. The second-order valence-corrected chi connectivity index (χ2v) is 8.36. The molecule has 0 radical (unpaired) electrons. The van der Waals surface area contributed by atoms with E-state index >= 15 is 0 Å². The van der Waals surface area contributed by atoms with Crippen LogP contribution >= 0.6 is 0 Å². The number of hydrogen-bond donors (Lipinski definition) is 2. The first-order valence-electron chi connectivity index (χ1n) is 11.1. The first-order chi connectivity index (χ1) is 15.9. The molecule has 2 N–H and O–H groups in total. The van der Waals surface area contributed by atoms with E-state index in [1.807, 2.05) is 10.6 Å². The van der Waals surface area contributed by atoms with Crippen molar-refractivity contribution < 1.29 is 17.9 Å². The zero-order chi connectivity index (χ0) is 23.1. The van der Waals surface area contributed by atoms with Gasteiger partial charge in [-0.3, -0.25) is 4.99 Å². The summed E-state index contributed by atoms with van der Waals surface area (Å²) in [6, 6.07) is 5.14. The molecule has 4 aliphatic rings. The predicted molar refractivity (Wildman–Crippen MR) is 117 cm³/mol. The topological polar surface area (TPSA) is 76.4 Å². The van der Waals surface area contributed by atoms with Crippen molar-refractivity contribution in [3.05, 3.63) is 52.5 Å². The van der Waals surface area contributed by atoms with Crippen LogP contribution in [-0.4, -0.2) is 40.3 Å². The van der Waals surface area contributed by atoms with Gasteiger partial charge in [0.1, 0.15) is 23.6 Å². The van der Waals surface area contributed by atoms with Crippen molar-refractivity contribution in [2.75, 3.05) is 25.0 Å². The zero-order valence-electron chi connectivity index (χ0n) is 18.4. The number of fused-ring (bicyclic) bond motifs is 3. The number of aromatic nitrogens is 3. The van der Waals surface area contributed by atoms with Crippen LogP contribution in [-0.2, 0) is 6.54 Å². The number of alkyl halides is 2. The third-order valence-electron chi connectivity index (χ3n) is 6.05. The fraction of sp³-hybridized carbons (Fsp3) is 0.435. The van der Waals surface area contributed by atoms with E-state index < -0.39 is 23.8 Å². The van der Waals surface area contributed by atoms with Gasteiger partial charge in [-0.25, -0.2) is 23.1 Å². The van der Waals surface area contributed by atoms with Crippen LogP contribution in [0.1, 0.15) is 42.8 Å². The Bertz CT molecular complexity index is 1220. The van der Waals surface area contributed by atoms with Gasteiger partial charge in [0.15, 0.2) is 17.1 Å². The lowest BCUT2D eigenvalue weighted by molar-refractivity contribution is 0.146. The Labute approximate surface area is 189 Å². The molecule has 0 unspecified atom stereocenters. The average molecular weight is 458 g/mol. The molecule has 0 aliphatic carbocycles. The lowest BCUT2D eigenvalue weighted by Gasteiger charge is -2.20. The monoisotopic (exact) mass is 458 g/mol. The summed E-state index contributed by atoms with van der Waals surface area (Å²) in [6.45, 7) is 6.57. The van der Waals surface area contributed by atoms with Gasteiger partial charge in [0, 0.05) is 25.2 Å². The lowest BCUT2D eigenvalue weighted by Crippen LogP contribution is -2.23. The summed E-state index contributed by atoms with van der Waals surface area (Å²) in [6.07, 6.45) is -1.92. The maximum atomic E-state index is 14.7. The summed E-state index contributed by atoms with van der Waals surface area (Å²) < 4.78 is 49.4. The largest absolute Gasteiger partial charge is 0.485 e. The van der Waals surface area contributed by atoms with Crippen molar-refractivity contribution in [2.24, 2.45) is 4.99 Å². The normalized spacial score (nSPS) is 19.2. The van der Waals surface area contributed by atoms with Gasteiger partial charge >= 0.3 is 0 Å². The zero-order valence-corrected chi connectivity index (χ0v) is 18.4. The van der Waals surface area contributed by atoms with Crippen molar-refractivity contribution >= 4 is 5.82 Å². The summed E-state index contributed by atoms with van der Waals surface area (Å²) in [7, 11) is 0. The van der Waals surface area contributed by atoms with E-state index in [0.717, 1.165) is 37.9 Å². The van der Waals surface area contributed by atoms with Gasteiger partial charge in [-0.15, -0.1) is 0 Å². The van der Waals surface area contributed by atoms with E-state index in [0.29, 0.717) is 35.0 Å². The van der Waals surface area contributed by atoms with Crippen LogP contribution in [0.15, 0.2) is 29.3 Å². The number of aryl methyl sites for hydroxylation is 1. The highest BCUT2D eigenvalue weighted by Crippen LogP contribution is 2.36. The van der Waals surface area contributed by atoms with Gasteiger partial charge in [0.05, 0.1) is 17.2 Å². The maximum Gasteiger partial charge on any atom is 0.266 e. The van der Waals surface area contributed by atoms with Crippen molar-refractivity contribution in [3.8, 4) is 17.1 Å². The smallest absolute Gasteiger partial charge is 0.266 e. The molecule has 1 aromatic carbocycles. The van der Waals surface area contributed by atoms with E-state index in [1.165, 1.54) is 12.1 Å². The van der Waals surface area contributed by atoms with E-state index in [9.17, 15) is 13.2 Å². The Hall–Kier alpha value is -3.14. The minimum atomic E-state index is -2.89. The minimum absolute atomic E-state index is 0.0615. The van der Waals surface area contributed by atoms with Crippen LogP contribution in [0.3, 0.4) is 0 Å². The third kappa shape index (κ3) is 4.03. The van der Waals surface area contributed by atoms with Crippen molar-refractivity contribution in [3.63, 3.8) is 0 Å². The first-order valence-corrected chi connectivity index (χ1v) is 11.1. The lowest BCUT2D eigenvalue weighted by atomic mass is 10.0. The van der Waals surface area contributed by atoms with Crippen LogP contribution < -0.4 is 20.9 Å². The summed E-state index contributed by atoms with van der Waals surface area (Å²) >= 11 is 0. The van der Waals surface area contributed by atoms with Crippen LogP contribution in [0.25, 0.3) is 11.4 Å². The molecule has 0 amide bonds. The van der Waals surface area contributed by atoms with Gasteiger partial charge in [0.25, 0.3) is 6.43 Å². The van der Waals surface area contributed by atoms with Crippen LogP contribution in [0.2, 0.25) is 0 Å². The molecule has 4 heterocycles. The van der Waals surface area contributed by atoms with Gasteiger partial charge < -0.3 is 19.9 Å². The molecule has 5 rings (SSSR count). The number of hydrogen-bond acceptors (Lipinski definition) is 6. The molecule has 174 valence electrons. The maximum absolute atomic E-state index is 14.7. The molecule has 0 saturated carbocycles. The Morgan fingerprint density at radius 1 is 1.21 bits per heavy atom. The van der Waals surface area contributed by atoms with E-state index in [-0.39, 0.29) is 11.7 Å². The Morgan fingerprint density at radius 2 is 2.03 bits per heavy atom. The molecule has 4 aliphatic heterocycles. The number of ether oxygens (including phenoxy) is 1. The highest BCUT2D eigenvalue weighted by Gasteiger charge is 2.27. The SMILES string of the molecule is Cc1nc2n3c(c(O[C@H]4CCNC4)cc-2c(=N[C@H](C)c2cccc(C(F)F)c2F)n1)NCC3. The fourth-order valence-electron chi connectivity index (χ4n) is 4.42. The molecule has 0 bridgehead atoms. The molecule has 1 fully saturated rings. The second kappa shape index (κ2) is 8.66. The number of anilines is 1. The Balaban J connectivity index is 1.63. The number of rotatable bonds is 5. The Kier molecular flexibility index (Phi) is 5.69. The molecule has 10 heteroatoms. The van der Waals surface area contributed by atoms with Crippen LogP contribution in [0.4, 0.5) is 19.0 Å². The van der Waals surface area contributed by atoms with Crippen LogP contribution in [0, 0.1) is 12.7 Å². The molecular formula is C23H25F3N6O. The predicted octanol–water partition coefficient (Wildman–Crippen LogP) is 3.60. The summed E-state index contributed by atoms with van der Waals surface area (Å²) in [5.41, 5.74) is 0.523. The summed E-state index contributed by atoms with van der Waals surface area (Å²) in [4.78, 5) is 13.8. The summed E-state index contributed by atoms with van der Waals surface area (Å²) in [5, 5.41) is 6.66. The molecule has 33 heavy (non-hydrogen) atoms. The number of halogens is 3. The van der Waals surface area contributed by atoms with Gasteiger partial charge in [0.2, 0.25) is 0 Å². The van der Waals surface area contributed by atoms with Gasteiger partial charge in [-0.2, -0.15) is 0 Å². The highest BCUT2D eigenvalue weighted by molar-refractivity contribution is 5.68. The molecule has 1 saturated heterocycles. The summed E-state index contributed by atoms with van der Waals surface area (Å²) in [5.74, 6) is 1.84. The Morgan fingerprint density at radius 3 is 2.79 bits per heavy atom. The molecule has 2 atom stereocenters. The number of nitrogens with zero attached hydrogens (tertiary/aromatic N) is 4. The number of nitrogens with one attached hydrogen (secondary N) is 2. The molecule has 7 nitrogen and oxygen atoms in total. The highest BCUT2D eigenvalue weighted by atomic mass is 19.3. The molecular weight excluding hydrogens is 433 g/mol. The van der Waals surface area contributed by atoms with Crippen molar-refractivity contribution in [2.45, 2.75) is 45.4 Å². The standard InChI is InChI=1S/C23H25F3N6O/c1-12(15-4-3-5-16(19(15)24)20(25)26)29-21-17-10-18(33-14-6-7-27-11-14)23-28-8-9-32(23)22(17)31-13(2)30-21/h3-5,10,12,14,20,27-28H,6-9,11H2,1-2H3/t12-,14+/m1/s1. The van der Waals surface area contributed by atoms with Crippen molar-refractivity contribution in [1.29, 1.82) is 0 Å². The van der Waals surface area contributed by atoms with Gasteiger partial charge in [-0.1, -0.05) is 18.2 Å². The van der Waals surface area contributed by atoms with Crippen LogP contribution in [0.5, 0.6) is 5.75 Å². The number of benzene rings is 1. The van der Waals surface area contributed by atoms with Gasteiger partial charge in [-0.05, 0) is 32.9 Å². The van der Waals surface area contributed by atoms with E-state index in [2.05, 4.69) is 25.6 Å². The molecule has 0 spiro atoms. The van der Waals surface area contributed by atoms with E-state index in [4.69, 9.17) is 4.74 Å². The average Bonchev–Trinajstić information content (AvgIpc) is 3.46. The molecule has 0 aromatic heterocycles. The fourth-order valence-corrected chi connectivity index (χ4v) is 4.42. The number of pyridine rings is 1. The van der Waals surface area contributed by atoms with Crippen molar-refractivity contribution in [1.82, 2.24) is 19.9 Å². The van der Waals surface area contributed by atoms with E-state index in [1.54, 1.807) is 13.8 Å². The third-order valence-corrected chi connectivity index (χ3v) is 6.05. The first kappa shape index (κ1) is 21.7. The second-order valence-electron chi connectivity index (χ2n) is 8.36.